The number of nitrogens with zero attached hydrogens (tertiary/aromatic N) is 2. The van der Waals surface area contributed by atoms with Crippen LogP contribution in [-0.4, -0.2) is 23.1 Å². The Morgan fingerprint density at radius 1 is 1.24 bits per heavy atom. The third-order valence-corrected chi connectivity index (χ3v) is 3.76. The molecule has 88 valence electrons. The number of hydrogen-bond donors (Lipinski definition) is 1. The Hall–Kier alpha value is -1.00. The van der Waals surface area contributed by atoms with Crippen LogP contribution < -0.4 is 5.32 Å². The molecule has 0 saturated carbocycles. The number of hydrogen-bond acceptors (Lipinski definition) is 3. The van der Waals surface area contributed by atoms with Gasteiger partial charge in [-0.05, 0) is 44.1 Å². The van der Waals surface area contributed by atoms with Crippen LogP contribution in [0.1, 0.15) is 24.6 Å². The molecule has 3 nitrogen and oxygen atoms in total. The molecule has 1 aliphatic heterocycles. The molecule has 1 aromatic heterocycles. The lowest BCUT2D eigenvalue weighted by atomic mass is 9.97. The summed E-state index contributed by atoms with van der Waals surface area (Å²) >= 11 is 3.46. The van der Waals surface area contributed by atoms with Crippen molar-refractivity contribution >= 4 is 26.8 Å². The van der Waals surface area contributed by atoms with Gasteiger partial charge < -0.3 is 5.32 Å². The van der Waals surface area contributed by atoms with E-state index in [0.29, 0.717) is 5.92 Å². The lowest BCUT2D eigenvalue weighted by molar-refractivity contribution is 0.446. The second-order valence-corrected chi connectivity index (χ2v) is 5.37. The van der Waals surface area contributed by atoms with E-state index in [1.54, 1.807) is 0 Å². The summed E-state index contributed by atoms with van der Waals surface area (Å²) in [5.41, 5.74) is 1.04. The van der Waals surface area contributed by atoms with Crippen molar-refractivity contribution in [3.8, 4) is 0 Å². The number of aromatic nitrogens is 2. The zero-order chi connectivity index (χ0) is 11.7. The Balaban J connectivity index is 1.98. The fourth-order valence-corrected chi connectivity index (χ4v) is 2.67. The summed E-state index contributed by atoms with van der Waals surface area (Å²) in [6.45, 7) is 2.15. The number of nitrogens with one attached hydrogen (secondary N) is 1. The van der Waals surface area contributed by atoms with Crippen molar-refractivity contribution in [1.82, 2.24) is 15.3 Å². The third kappa shape index (κ3) is 2.33. The highest BCUT2D eigenvalue weighted by Crippen LogP contribution is 2.24. The molecule has 0 spiro atoms. The SMILES string of the molecule is Brc1ccc2nc(C3CCNCC3)ncc2c1. The van der Waals surface area contributed by atoms with Crippen molar-refractivity contribution in [3.05, 3.63) is 34.7 Å². The van der Waals surface area contributed by atoms with E-state index in [-0.39, 0.29) is 0 Å². The fraction of sp³-hybridized carbons (Fsp3) is 0.385. The molecular formula is C13H14BrN3. The fourth-order valence-electron chi connectivity index (χ4n) is 2.30. The highest BCUT2D eigenvalue weighted by Gasteiger charge is 2.17. The van der Waals surface area contributed by atoms with Gasteiger partial charge in [-0.2, -0.15) is 0 Å². The van der Waals surface area contributed by atoms with Gasteiger partial charge in [-0.15, -0.1) is 0 Å². The number of rotatable bonds is 1. The van der Waals surface area contributed by atoms with E-state index in [1.807, 2.05) is 18.3 Å². The molecule has 1 aliphatic rings. The average Bonchev–Trinajstić information content (AvgIpc) is 2.39. The maximum Gasteiger partial charge on any atom is 0.132 e. The predicted molar refractivity (Wildman–Crippen MR) is 72.1 cm³/mol. The van der Waals surface area contributed by atoms with Crippen LogP contribution in [0.4, 0.5) is 0 Å². The van der Waals surface area contributed by atoms with Crippen LogP contribution in [0.5, 0.6) is 0 Å². The summed E-state index contributed by atoms with van der Waals surface area (Å²) in [5.74, 6) is 1.52. The van der Waals surface area contributed by atoms with Gasteiger partial charge in [-0.1, -0.05) is 15.9 Å². The van der Waals surface area contributed by atoms with E-state index >= 15 is 0 Å². The molecular weight excluding hydrogens is 278 g/mol. The van der Waals surface area contributed by atoms with Gasteiger partial charge in [0.2, 0.25) is 0 Å². The van der Waals surface area contributed by atoms with Crippen LogP contribution in [0.3, 0.4) is 0 Å². The molecule has 0 bridgehead atoms. The normalized spacial score (nSPS) is 17.5. The summed E-state index contributed by atoms with van der Waals surface area (Å²) in [6, 6.07) is 6.13. The van der Waals surface area contributed by atoms with Gasteiger partial charge in [-0.3, -0.25) is 0 Å². The van der Waals surface area contributed by atoms with Crippen molar-refractivity contribution in [2.24, 2.45) is 0 Å². The number of benzene rings is 1. The first-order valence-corrected chi connectivity index (χ1v) is 6.75. The molecule has 1 fully saturated rings. The first-order chi connectivity index (χ1) is 8.33. The number of halogens is 1. The van der Waals surface area contributed by atoms with Crippen LogP contribution >= 0.6 is 15.9 Å². The highest BCUT2D eigenvalue weighted by atomic mass is 79.9. The molecule has 0 unspecified atom stereocenters. The van der Waals surface area contributed by atoms with E-state index in [2.05, 4.69) is 37.3 Å². The average molecular weight is 292 g/mol. The van der Waals surface area contributed by atoms with Gasteiger partial charge in [0.25, 0.3) is 0 Å². The number of piperidine rings is 1. The summed E-state index contributed by atoms with van der Waals surface area (Å²) in [7, 11) is 0. The Bertz CT molecular complexity index is 535. The molecule has 1 saturated heterocycles. The van der Waals surface area contributed by atoms with E-state index in [1.165, 1.54) is 0 Å². The molecule has 3 rings (SSSR count). The molecule has 2 heterocycles. The van der Waals surface area contributed by atoms with Crippen LogP contribution in [0.25, 0.3) is 10.9 Å². The molecule has 0 amide bonds. The van der Waals surface area contributed by atoms with E-state index in [4.69, 9.17) is 0 Å². The van der Waals surface area contributed by atoms with Crippen LogP contribution in [0.15, 0.2) is 28.9 Å². The zero-order valence-corrected chi connectivity index (χ0v) is 11.1. The predicted octanol–water partition coefficient (Wildman–Crippen LogP) is 2.86. The second kappa shape index (κ2) is 4.70. The molecule has 0 atom stereocenters. The first kappa shape index (κ1) is 11.1. The summed E-state index contributed by atoms with van der Waals surface area (Å²) < 4.78 is 1.07. The molecule has 1 N–H and O–H groups in total. The Kier molecular flexibility index (Phi) is 3.07. The smallest absolute Gasteiger partial charge is 0.132 e. The maximum atomic E-state index is 4.68. The third-order valence-electron chi connectivity index (χ3n) is 3.26. The minimum absolute atomic E-state index is 0.518. The monoisotopic (exact) mass is 291 g/mol. The Labute approximate surface area is 109 Å². The quantitative estimate of drug-likeness (QED) is 0.878. The van der Waals surface area contributed by atoms with Crippen LogP contribution in [0.2, 0.25) is 0 Å². The van der Waals surface area contributed by atoms with Gasteiger partial charge in [0.15, 0.2) is 0 Å². The topological polar surface area (TPSA) is 37.8 Å². The van der Waals surface area contributed by atoms with Gasteiger partial charge in [0, 0.05) is 22.0 Å². The van der Waals surface area contributed by atoms with E-state index in [9.17, 15) is 0 Å². The molecule has 4 heteroatoms. The molecule has 2 aromatic rings. The molecule has 17 heavy (non-hydrogen) atoms. The van der Waals surface area contributed by atoms with Crippen molar-refractivity contribution in [3.63, 3.8) is 0 Å². The molecule has 0 radical (unpaired) electrons. The molecule has 0 aliphatic carbocycles. The number of fused-ring (bicyclic) bond motifs is 1. The second-order valence-electron chi connectivity index (χ2n) is 4.46. The van der Waals surface area contributed by atoms with Crippen molar-refractivity contribution in [1.29, 1.82) is 0 Å². The Morgan fingerprint density at radius 2 is 2.06 bits per heavy atom. The summed E-state index contributed by atoms with van der Waals surface area (Å²) in [6.07, 6.45) is 4.22. The van der Waals surface area contributed by atoms with E-state index < -0.39 is 0 Å². The zero-order valence-electron chi connectivity index (χ0n) is 9.49. The highest BCUT2D eigenvalue weighted by molar-refractivity contribution is 9.10. The van der Waals surface area contributed by atoms with Gasteiger partial charge in [-0.25, -0.2) is 9.97 Å². The minimum Gasteiger partial charge on any atom is -0.317 e. The molecule has 1 aromatic carbocycles. The lowest BCUT2D eigenvalue weighted by Gasteiger charge is -2.21. The van der Waals surface area contributed by atoms with Crippen LogP contribution in [0, 0.1) is 0 Å². The van der Waals surface area contributed by atoms with E-state index in [0.717, 1.165) is 47.1 Å². The minimum atomic E-state index is 0.518. The van der Waals surface area contributed by atoms with Crippen molar-refractivity contribution in [2.75, 3.05) is 13.1 Å². The largest absolute Gasteiger partial charge is 0.317 e. The van der Waals surface area contributed by atoms with Crippen molar-refractivity contribution < 1.29 is 0 Å². The first-order valence-electron chi connectivity index (χ1n) is 5.96. The van der Waals surface area contributed by atoms with Crippen molar-refractivity contribution in [2.45, 2.75) is 18.8 Å². The summed E-state index contributed by atoms with van der Waals surface area (Å²) in [5, 5.41) is 4.46. The van der Waals surface area contributed by atoms with Gasteiger partial charge >= 0.3 is 0 Å². The Morgan fingerprint density at radius 3 is 2.88 bits per heavy atom. The summed E-state index contributed by atoms with van der Waals surface area (Å²) in [4.78, 5) is 9.19. The lowest BCUT2D eigenvalue weighted by Crippen LogP contribution is -2.27. The standard InChI is InChI=1S/C13H14BrN3/c14-11-1-2-12-10(7-11)8-16-13(17-12)9-3-5-15-6-4-9/h1-2,7-9,15H,3-6H2. The van der Waals surface area contributed by atoms with Gasteiger partial charge in [0.05, 0.1) is 5.52 Å². The van der Waals surface area contributed by atoms with Gasteiger partial charge in [0.1, 0.15) is 5.82 Å². The van der Waals surface area contributed by atoms with Crippen LogP contribution in [-0.2, 0) is 0 Å². The maximum absolute atomic E-state index is 4.68.